The van der Waals surface area contributed by atoms with Crippen molar-refractivity contribution in [1.82, 2.24) is 0 Å². The zero-order chi connectivity index (χ0) is 13.1. The highest BCUT2D eigenvalue weighted by Crippen LogP contribution is 2.17. The molecule has 0 radical (unpaired) electrons. The molecule has 0 fully saturated rings. The number of hydrogen-bond acceptors (Lipinski definition) is 2. The van der Waals surface area contributed by atoms with E-state index in [0.717, 1.165) is 0 Å². The minimum atomic E-state index is -1.34. The van der Waals surface area contributed by atoms with Crippen LogP contribution >= 0.6 is 0 Å². The summed E-state index contributed by atoms with van der Waals surface area (Å²) in [6, 6.07) is 4.46. The second kappa shape index (κ2) is 5.40. The molecule has 17 heavy (non-hydrogen) atoms. The smallest absolute Gasteiger partial charge is 0.165 e. The molecule has 1 atom stereocenters. The Labute approximate surface area is 103 Å². The molecule has 0 heterocycles. The van der Waals surface area contributed by atoms with Crippen molar-refractivity contribution in [3.63, 3.8) is 0 Å². The third-order valence-electron chi connectivity index (χ3n) is 2.00. The van der Waals surface area contributed by atoms with Crippen LogP contribution in [0.15, 0.2) is 22.6 Å². The fourth-order valence-corrected chi connectivity index (χ4v) is 1.56. The van der Waals surface area contributed by atoms with Crippen molar-refractivity contribution < 1.29 is 13.3 Å². The highest BCUT2D eigenvalue weighted by molar-refractivity contribution is 7.85. The van der Waals surface area contributed by atoms with Gasteiger partial charge in [-0.05, 0) is 44.5 Å². The molecule has 94 valence electrons. The molecule has 3 nitrogen and oxygen atoms in total. The number of benzene rings is 1. The van der Waals surface area contributed by atoms with E-state index >= 15 is 0 Å². The van der Waals surface area contributed by atoms with E-state index in [-0.39, 0.29) is 5.75 Å². The highest BCUT2D eigenvalue weighted by atomic mass is 32.2. The Morgan fingerprint density at radius 2 is 2.06 bits per heavy atom. The quantitative estimate of drug-likeness (QED) is 0.781. The second-order valence-electron chi connectivity index (χ2n) is 4.49. The van der Waals surface area contributed by atoms with Crippen LogP contribution < -0.4 is 4.74 Å². The number of methoxy groups -OCH3 is 1. The van der Waals surface area contributed by atoms with Crippen LogP contribution in [0.25, 0.3) is 0 Å². The molecule has 0 aliphatic heterocycles. The maximum Gasteiger partial charge on any atom is 0.165 e. The second-order valence-corrected chi connectivity index (χ2v) is 6.42. The highest BCUT2D eigenvalue weighted by Gasteiger charge is 2.18. The average Bonchev–Trinajstić information content (AvgIpc) is 2.24. The standard InChI is InChI=1S/C12H16FNO2S/c1-12(2,3)17(15)14-8-9-5-6-11(16-4)10(13)7-9/h5-8H,1-4H3/t17-/m1/s1. The number of rotatable bonds is 3. The van der Waals surface area contributed by atoms with Crippen LogP contribution in [-0.2, 0) is 11.0 Å². The summed E-state index contributed by atoms with van der Waals surface area (Å²) in [5, 5.41) is 0. The van der Waals surface area contributed by atoms with Gasteiger partial charge in [0.1, 0.15) is 11.0 Å². The van der Waals surface area contributed by atoms with Crippen LogP contribution in [0.3, 0.4) is 0 Å². The molecule has 0 aliphatic rings. The van der Waals surface area contributed by atoms with Crippen LogP contribution in [0.4, 0.5) is 4.39 Å². The van der Waals surface area contributed by atoms with E-state index in [2.05, 4.69) is 4.40 Å². The molecule has 0 unspecified atom stereocenters. The van der Waals surface area contributed by atoms with Gasteiger partial charge in [0.05, 0.1) is 11.9 Å². The molecule has 0 aromatic heterocycles. The predicted molar refractivity (Wildman–Crippen MR) is 68.4 cm³/mol. The van der Waals surface area contributed by atoms with Gasteiger partial charge in [-0.3, -0.25) is 0 Å². The lowest BCUT2D eigenvalue weighted by Gasteiger charge is -2.12. The van der Waals surface area contributed by atoms with Gasteiger partial charge in [0, 0.05) is 6.21 Å². The van der Waals surface area contributed by atoms with Crippen molar-refractivity contribution in [3.8, 4) is 5.75 Å². The van der Waals surface area contributed by atoms with Crippen molar-refractivity contribution in [2.75, 3.05) is 7.11 Å². The van der Waals surface area contributed by atoms with E-state index in [1.54, 1.807) is 6.07 Å². The van der Waals surface area contributed by atoms with Crippen molar-refractivity contribution in [2.45, 2.75) is 25.5 Å². The summed E-state index contributed by atoms with van der Waals surface area (Å²) in [5.41, 5.74) is 0.556. The summed E-state index contributed by atoms with van der Waals surface area (Å²) < 4.78 is 33.3. The van der Waals surface area contributed by atoms with Crippen LogP contribution in [0.2, 0.25) is 0 Å². The van der Waals surface area contributed by atoms with Gasteiger partial charge in [0.2, 0.25) is 0 Å². The summed E-state index contributed by atoms with van der Waals surface area (Å²) in [7, 11) is 0.0678. The number of nitrogens with zero attached hydrogens (tertiary/aromatic N) is 1. The normalized spacial score (nSPS) is 13.9. The number of hydrogen-bond donors (Lipinski definition) is 0. The first-order valence-electron chi connectivity index (χ1n) is 5.14. The molecule has 0 saturated heterocycles. The van der Waals surface area contributed by atoms with Gasteiger partial charge in [-0.25, -0.2) is 8.60 Å². The van der Waals surface area contributed by atoms with Gasteiger partial charge < -0.3 is 4.74 Å². The Balaban J connectivity index is 2.86. The Hall–Kier alpha value is -1.23. The lowest BCUT2D eigenvalue weighted by Crippen LogP contribution is -2.19. The third-order valence-corrected chi connectivity index (χ3v) is 3.34. The Bertz CT molecular complexity index is 452. The van der Waals surface area contributed by atoms with E-state index in [9.17, 15) is 8.60 Å². The van der Waals surface area contributed by atoms with Gasteiger partial charge >= 0.3 is 0 Å². The minimum absolute atomic E-state index is 0.180. The van der Waals surface area contributed by atoms with Crippen LogP contribution in [0, 0.1) is 5.82 Å². The van der Waals surface area contributed by atoms with Gasteiger partial charge in [0.25, 0.3) is 0 Å². The van der Waals surface area contributed by atoms with Gasteiger partial charge in [-0.15, -0.1) is 0 Å². The summed E-state index contributed by atoms with van der Waals surface area (Å²) in [6.07, 6.45) is 1.41. The topological polar surface area (TPSA) is 38.7 Å². The molecular formula is C12H16FNO2S. The van der Waals surface area contributed by atoms with E-state index in [1.807, 2.05) is 20.8 Å². The van der Waals surface area contributed by atoms with E-state index in [1.165, 1.54) is 25.5 Å². The molecule has 0 amide bonds. The molecule has 0 spiro atoms. The SMILES string of the molecule is COc1ccc(C=N[S@](=O)C(C)(C)C)cc1F. The monoisotopic (exact) mass is 257 g/mol. The maximum absolute atomic E-state index is 13.3. The fraction of sp³-hybridized carbons (Fsp3) is 0.417. The molecule has 0 saturated carbocycles. The Morgan fingerprint density at radius 1 is 1.41 bits per heavy atom. The zero-order valence-electron chi connectivity index (χ0n) is 10.4. The summed E-state index contributed by atoms with van der Waals surface area (Å²) in [6.45, 7) is 5.49. The average molecular weight is 257 g/mol. The molecule has 5 heteroatoms. The number of ether oxygens (including phenoxy) is 1. The van der Waals surface area contributed by atoms with Crippen molar-refractivity contribution in [2.24, 2.45) is 4.40 Å². The molecule has 0 N–H and O–H groups in total. The minimum Gasteiger partial charge on any atom is -0.494 e. The van der Waals surface area contributed by atoms with Crippen molar-refractivity contribution in [1.29, 1.82) is 0 Å². The van der Waals surface area contributed by atoms with E-state index < -0.39 is 21.5 Å². The van der Waals surface area contributed by atoms with Gasteiger partial charge in [-0.1, -0.05) is 0 Å². The zero-order valence-corrected chi connectivity index (χ0v) is 11.2. The molecule has 1 aromatic rings. The lowest BCUT2D eigenvalue weighted by molar-refractivity contribution is 0.386. The molecule has 0 bridgehead atoms. The first-order valence-corrected chi connectivity index (χ1v) is 6.25. The van der Waals surface area contributed by atoms with E-state index in [4.69, 9.17) is 4.74 Å². The predicted octanol–water partition coefficient (Wildman–Crippen LogP) is 2.72. The molecule has 0 aliphatic carbocycles. The fourth-order valence-electron chi connectivity index (χ4n) is 1.03. The van der Waals surface area contributed by atoms with E-state index in [0.29, 0.717) is 5.56 Å². The molecular weight excluding hydrogens is 241 g/mol. The van der Waals surface area contributed by atoms with Crippen LogP contribution in [-0.4, -0.2) is 22.3 Å². The van der Waals surface area contributed by atoms with Crippen LogP contribution in [0.1, 0.15) is 26.3 Å². The van der Waals surface area contributed by atoms with Crippen molar-refractivity contribution >= 4 is 17.2 Å². The third kappa shape index (κ3) is 3.93. The lowest BCUT2D eigenvalue weighted by atomic mass is 10.2. The molecule has 1 rings (SSSR count). The molecule has 1 aromatic carbocycles. The largest absolute Gasteiger partial charge is 0.494 e. The first kappa shape index (κ1) is 13.8. The first-order chi connectivity index (χ1) is 7.84. The summed E-state index contributed by atoms with van der Waals surface area (Å²) >= 11 is 0. The van der Waals surface area contributed by atoms with Crippen LogP contribution in [0.5, 0.6) is 5.75 Å². The number of halogens is 1. The maximum atomic E-state index is 13.3. The Kier molecular flexibility index (Phi) is 4.40. The van der Waals surface area contributed by atoms with Gasteiger partial charge in [0.15, 0.2) is 11.6 Å². The van der Waals surface area contributed by atoms with Gasteiger partial charge in [-0.2, -0.15) is 4.40 Å². The summed E-state index contributed by atoms with van der Waals surface area (Å²) in [4.78, 5) is 0. The Morgan fingerprint density at radius 3 is 2.53 bits per heavy atom. The van der Waals surface area contributed by atoms with Crippen molar-refractivity contribution in [3.05, 3.63) is 29.6 Å². The summed E-state index contributed by atoms with van der Waals surface area (Å²) in [5.74, 6) is -0.280.